The molecule has 1 aliphatic rings. The van der Waals surface area contributed by atoms with Gasteiger partial charge >= 0.3 is 0 Å². The highest BCUT2D eigenvalue weighted by atomic mass is 32.2. The highest BCUT2D eigenvalue weighted by Crippen LogP contribution is 2.41. The van der Waals surface area contributed by atoms with E-state index in [4.69, 9.17) is 0 Å². The summed E-state index contributed by atoms with van der Waals surface area (Å²) in [7, 11) is -3.48. The Hall–Kier alpha value is -1.94. The molecule has 3 nitrogen and oxygen atoms in total. The SMILES string of the molecule is CC1=Nc2ccc(S(=O)(=O)c3ccccc3)cc2C1(C)C. The van der Waals surface area contributed by atoms with Crippen molar-refractivity contribution >= 4 is 21.2 Å². The first-order chi connectivity index (χ1) is 9.83. The van der Waals surface area contributed by atoms with Gasteiger partial charge in [-0.3, -0.25) is 4.99 Å². The van der Waals surface area contributed by atoms with E-state index < -0.39 is 9.84 Å². The zero-order valence-electron chi connectivity index (χ0n) is 12.3. The predicted octanol–water partition coefficient (Wildman–Crippen LogP) is 3.90. The number of fused-ring (bicyclic) bond motifs is 1. The van der Waals surface area contributed by atoms with Crippen molar-refractivity contribution in [2.75, 3.05) is 0 Å². The van der Waals surface area contributed by atoms with Crippen molar-refractivity contribution in [3.63, 3.8) is 0 Å². The Morgan fingerprint density at radius 3 is 2.29 bits per heavy atom. The Labute approximate surface area is 125 Å². The number of hydrogen-bond acceptors (Lipinski definition) is 3. The average Bonchev–Trinajstić information content (AvgIpc) is 2.70. The van der Waals surface area contributed by atoms with Gasteiger partial charge in [0, 0.05) is 11.1 Å². The van der Waals surface area contributed by atoms with Gasteiger partial charge in [-0.25, -0.2) is 8.42 Å². The van der Waals surface area contributed by atoms with E-state index in [9.17, 15) is 8.42 Å². The Morgan fingerprint density at radius 2 is 1.62 bits per heavy atom. The van der Waals surface area contributed by atoms with Crippen molar-refractivity contribution in [3.8, 4) is 0 Å². The third-order valence-corrected chi connectivity index (χ3v) is 5.97. The molecule has 0 bridgehead atoms. The van der Waals surface area contributed by atoms with Crippen molar-refractivity contribution in [1.29, 1.82) is 0 Å². The van der Waals surface area contributed by atoms with Crippen LogP contribution >= 0.6 is 0 Å². The van der Waals surface area contributed by atoms with Gasteiger partial charge in [-0.15, -0.1) is 0 Å². The van der Waals surface area contributed by atoms with E-state index >= 15 is 0 Å². The molecule has 0 radical (unpaired) electrons. The zero-order valence-corrected chi connectivity index (χ0v) is 13.1. The first-order valence-corrected chi connectivity index (χ1v) is 8.32. The first-order valence-electron chi connectivity index (χ1n) is 6.84. The van der Waals surface area contributed by atoms with E-state index in [1.54, 1.807) is 42.5 Å². The van der Waals surface area contributed by atoms with Gasteiger partial charge in [-0.05, 0) is 42.8 Å². The normalized spacial score (nSPS) is 16.4. The summed E-state index contributed by atoms with van der Waals surface area (Å²) in [5.74, 6) is 0. The molecule has 2 aromatic rings. The van der Waals surface area contributed by atoms with Crippen LogP contribution in [0.4, 0.5) is 5.69 Å². The van der Waals surface area contributed by atoms with E-state index in [0.717, 1.165) is 17.0 Å². The predicted molar refractivity (Wildman–Crippen MR) is 84.1 cm³/mol. The molecule has 0 atom stereocenters. The fourth-order valence-electron chi connectivity index (χ4n) is 2.53. The second kappa shape index (κ2) is 4.53. The van der Waals surface area contributed by atoms with Gasteiger partial charge in [0.05, 0.1) is 15.5 Å². The first kappa shape index (κ1) is 14.0. The number of nitrogens with zero attached hydrogens (tertiary/aromatic N) is 1. The van der Waals surface area contributed by atoms with Crippen molar-refractivity contribution in [1.82, 2.24) is 0 Å². The number of hydrogen-bond donors (Lipinski definition) is 0. The maximum Gasteiger partial charge on any atom is 0.206 e. The summed E-state index contributed by atoms with van der Waals surface area (Å²) < 4.78 is 25.4. The maximum absolute atomic E-state index is 12.7. The molecule has 0 amide bonds. The molecule has 0 N–H and O–H groups in total. The highest BCUT2D eigenvalue weighted by Gasteiger charge is 2.33. The monoisotopic (exact) mass is 299 g/mol. The molecule has 108 valence electrons. The molecule has 0 aromatic heterocycles. The Balaban J connectivity index is 2.15. The van der Waals surface area contributed by atoms with Crippen LogP contribution in [0.25, 0.3) is 0 Å². The lowest BCUT2D eigenvalue weighted by atomic mass is 9.82. The number of rotatable bonds is 2. The molecule has 21 heavy (non-hydrogen) atoms. The maximum atomic E-state index is 12.7. The third kappa shape index (κ3) is 2.10. The molecular formula is C17H17NO2S. The second-order valence-electron chi connectivity index (χ2n) is 5.82. The molecule has 0 unspecified atom stereocenters. The van der Waals surface area contributed by atoms with Gasteiger partial charge in [-0.2, -0.15) is 0 Å². The molecule has 0 saturated carbocycles. The zero-order chi connectivity index (χ0) is 15.3. The lowest BCUT2D eigenvalue weighted by molar-refractivity contribution is 0.595. The van der Waals surface area contributed by atoms with Crippen LogP contribution in [-0.2, 0) is 15.3 Å². The van der Waals surface area contributed by atoms with Gasteiger partial charge in [-0.1, -0.05) is 32.0 Å². The lowest BCUT2D eigenvalue weighted by Gasteiger charge is -2.20. The van der Waals surface area contributed by atoms with E-state index in [1.165, 1.54) is 0 Å². The molecule has 2 aromatic carbocycles. The standard InChI is InChI=1S/C17H17NO2S/c1-12-17(2,3)15-11-14(9-10-16(15)18-12)21(19,20)13-7-5-4-6-8-13/h4-11H,1-3H3. The van der Waals surface area contributed by atoms with Gasteiger partial charge in [0.25, 0.3) is 0 Å². The van der Waals surface area contributed by atoms with Crippen LogP contribution in [0, 0.1) is 0 Å². The van der Waals surface area contributed by atoms with Crippen molar-refractivity contribution in [2.24, 2.45) is 4.99 Å². The minimum Gasteiger partial charge on any atom is -0.257 e. The molecule has 0 fully saturated rings. The van der Waals surface area contributed by atoms with Crippen LogP contribution in [-0.4, -0.2) is 14.1 Å². The molecule has 0 spiro atoms. The Morgan fingerprint density at radius 1 is 0.952 bits per heavy atom. The number of benzene rings is 2. The van der Waals surface area contributed by atoms with Gasteiger partial charge in [0.2, 0.25) is 9.84 Å². The molecule has 0 aliphatic carbocycles. The summed E-state index contributed by atoms with van der Waals surface area (Å²) in [4.78, 5) is 5.16. The Kier molecular flexibility index (Phi) is 3.02. The smallest absolute Gasteiger partial charge is 0.206 e. The van der Waals surface area contributed by atoms with E-state index in [2.05, 4.69) is 18.8 Å². The van der Waals surface area contributed by atoms with Gasteiger partial charge in [0.1, 0.15) is 0 Å². The van der Waals surface area contributed by atoms with E-state index in [0.29, 0.717) is 9.79 Å². The molecule has 1 aliphatic heterocycles. The van der Waals surface area contributed by atoms with Gasteiger partial charge in [0.15, 0.2) is 0 Å². The van der Waals surface area contributed by atoms with Crippen LogP contribution in [0.2, 0.25) is 0 Å². The topological polar surface area (TPSA) is 46.5 Å². The molecule has 3 rings (SSSR count). The summed E-state index contributed by atoms with van der Waals surface area (Å²) in [5.41, 5.74) is 2.62. The van der Waals surface area contributed by atoms with E-state index in [1.807, 2.05) is 13.0 Å². The molecule has 4 heteroatoms. The molecular weight excluding hydrogens is 282 g/mol. The van der Waals surface area contributed by atoms with Crippen LogP contribution < -0.4 is 0 Å². The Bertz CT molecular complexity index is 834. The van der Waals surface area contributed by atoms with Gasteiger partial charge < -0.3 is 0 Å². The van der Waals surface area contributed by atoms with Crippen molar-refractivity contribution < 1.29 is 8.42 Å². The highest BCUT2D eigenvalue weighted by molar-refractivity contribution is 7.91. The van der Waals surface area contributed by atoms with Crippen molar-refractivity contribution in [2.45, 2.75) is 36.0 Å². The summed E-state index contributed by atoms with van der Waals surface area (Å²) >= 11 is 0. The quantitative estimate of drug-likeness (QED) is 0.844. The lowest BCUT2D eigenvalue weighted by Crippen LogP contribution is -2.22. The number of aliphatic imine (C=N–C) groups is 1. The molecule has 0 saturated heterocycles. The molecule has 1 heterocycles. The average molecular weight is 299 g/mol. The summed E-state index contributed by atoms with van der Waals surface area (Å²) in [6, 6.07) is 13.7. The van der Waals surface area contributed by atoms with Crippen LogP contribution in [0.3, 0.4) is 0 Å². The largest absolute Gasteiger partial charge is 0.257 e. The minimum absolute atomic E-state index is 0.225. The number of sulfone groups is 1. The fraction of sp³-hybridized carbons (Fsp3) is 0.235. The third-order valence-electron chi connectivity index (χ3n) is 4.20. The van der Waals surface area contributed by atoms with Crippen molar-refractivity contribution in [3.05, 3.63) is 54.1 Å². The summed E-state index contributed by atoms with van der Waals surface area (Å²) in [6.07, 6.45) is 0. The van der Waals surface area contributed by atoms with E-state index in [-0.39, 0.29) is 5.41 Å². The van der Waals surface area contributed by atoms with Crippen LogP contribution in [0.15, 0.2) is 63.3 Å². The van der Waals surface area contributed by atoms with Crippen LogP contribution in [0.5, 0.6) is 0 Å². The minimum atomic E-state index is -3.48. The fourth-order valence-corrected chi connectivity index (χ4v) is 3.84. The summed E-state index contributed by atoms with van der Waals surface area (Å²) in [5, 5.41) is 0. The van der Waals surface area contributed by atoms with Crippen LogP contribution in [0.1, 0.15) is 26.3 Å². The second-order valence-corrected chi connectivity index (χ2v) is 7.77. The summed E-state index contributed by atoms with van der Waals surface area (Å²) in [6.45, 7) is 6.11.